The number of nitrogens with one attached hydrogen (secondary N) is 2. The van der Waals surface area contributed by atoms with E-state index in [4.69, 9.17) is 9.88 Å². The van der Waals surface area contributed by atoms with Gasteiger partial charge in [-0.3, -0.25) is 4.99 Å². The van der Waals surface area contributed by atoms with Gasteiger partial charge in [0, 0.05) is 25.1 Å². The third-order valence-corrected chi connectivity index (χ3v) is 5.94. The van der Waals surface area contributed by atoms with Gasteiger partial charge >= 0.3 is 0 Å². The maximum absolute atomic E-state index is 11.3. The minimum atomic E-state index is -3.63. The van der Waals surface area contributed by atoms with Crippen LogP contribution in [0.15, 0.2) is 21.3 Å². The monoisotopic (exact) mass is 504 g/mol. The zero-order valence-corrected chi connectivity index (χ0v) is 19.1. The second kappa shape index (κ2) is 12.0. The first-order valence-electron chi connectivity index (χ1n) is 7.95. The number of rotatable bonds is 9. The van der Waals surface area contributed by atoms with Crippen molar-refractivity contribution in [1.29, 1.82) is 0 Å². The van der Waals surface area contributed by atoms with Crippen molar-refractivity contribution < 1.29 is 13.2 Å². The lowest BCUT2D eigenvalue weighted by Crippen LogP contribution is -2.38. The molecule has 4 N–H and O–H groups in total. The third kappa shape index (κ3) is 9.18. The topological polar surface area (TPSA) is 106 Å². The summed E-state index contributed by atoms with van der Waals surface area (Å²) in [6.45, 7) is 8.23. The van der Waals surface area contributed by atoms with Crippen molar-refractivity contribution in [2.45, 2.75) is 44.0 Å². The lowest BCUT2D eigenvalue weighted by molar-refractivity contribution is 0.0258. The molecule has 0 aliphatic rings. The van der Waals surface area contributed by atoms with Crippen LogP contribution < -0.4 is 15.8 Å². The van der Waals surface area contributed by atoms with Gasteiger partial charge in [0.1, 0.15) is 4.21 Å². The average Bonchev–Trinajstić information content (AvgIpc) is 2.98. The van der Waals surface area contributed by atoms with Gasteiger partial charge in [0.05, 0.1) is 12.6 Å². The standard InChI is InChI=1S/C15H28N4O3S2.HI/c1-5-22-13(11(2)3)8-9-18-15(17-4)19-10-12-6-7-14(23-12)24(16,20)21;/h6-7,11,13H,5,8-10H2,1-4H3,(H2,16,20,21)(H2,17,18,19);1H. The molecule has 1 unspecified atom stereocenters. The highest BCUT2D eigenvalue weighted by Gasteiger charge is 2.13. The highest BCUT2D eigenvalue weighted by molar-refractivity contribution is 14.0. The van der Waals surface area contributed by atoms with Crippen molar-refractivity contribution in [2.75, 3.05) is 20.2 Å². The molecular weight excluding hydrogens is 475 g/mol. The number of ether oxygens (including phenoxy) is 1. The third-order valence-electron chi connectivity index (χ3n) is 3.42. The maximum atomic E-state index is 11.3. The van der Waals surface area contributed by atoms with E-state index in [1.807, 2.05) is 6.92 Å². The van der Waals surface area contributed by atoms with Gasteiger partial charge in [-0.25, -0.2) is 13.6 Å². The van der Waals surface area contributed by atoms with E-state index in [0.29, 0.717) is 25.0 Å². The van der Waals surface area contributed by atoms with Gasteiger partial charge in [-0.1, -0.05) is 13.8 Å². The van der Waals surface area contributed by atoms with Crippen LogP contribution in [0.2, 0.25) is 0 Å². The molecule has 0 spiro atoms. The van der Waals surface area contributed by atoms with Crippen LogP contribution in [-0.4, -0.2) is 40.7 Å². The van der Waals surface area contributed by atoms with Crippen LogP contribution in [0, 0.1) is 5.92 Å². The van der Waals surface area contributed by atoms with Crippen LogP contribution in [0.25, 0.3) is 0 Å². The molecular formula is C15H29IN4O3S2. The molecule has 0 aromatic carbocycles. The van der Waals surface area contributed by atoms with Gasteiger partial charge in [0.25, 0.3) is 0 Å². The summed E-state index contributed by atoms with van der Waals surface area (Å²) in [4.78, 5) is 5.03. The molecule has 0 saturated carbocycles. The van der Waals surface area contributed by atoms with E-state index in [9.17, 15) is 8.42 Å². The molecule has 0 bridgehead atoms. The summed E-state index contributed by atoms with van der Waals surface area (Å²) in [5.74, 6) is 1.13. The molecule has 1 rings (SSSR count). The highest BCUT2D eigenvalue weighted by atomic mass is 127. The molecule has 1 heterocycles. The number of nitrogens with zero attached hydrogens (tertiary/aromatic N) is 1. The van der Waals surface area contributed by atoms with Crippen molar-refractivity contribution in [1.82, 2.24) is 10.6 Å². The van der Waals surface area contributed by atoms with Crippen molar-refractivity contribution in [2.24, 2.45) is 16.0 Å². The van der Waals surface area contributed by atoms with E-state index in [-0.39, 0.29) is 34.3 Å². The van der Waals surface area contributed by atoms with Crippen LogP contribution in [0.3, 0.4) is 0 Å². The van der Waals surface area contributed by atoms with Crippen LogP contribution in [0.4, 0.5) is 0 Å². The van der Waals surface area contributed by atoms with E-state index in [1.54, 1.807) is 13.1 Å². The minimum absolute atomic E-state index is 0. The summed E-state index contributed by atoms with van der Waals surface area (Å²) >= 11 is 1.15. The number of hydrogen-bond donors (Lipinski definition) is 3. The van der Waals surface area contributed by atoms with E-state index < -0.39 is 10.0 Å². The van der Waals surface area contributed by atoms with Gasteiger partial charge in [-0.2, -0.15) is 0 Å². The average molecular weight is 504 g/mol. The first-order chi connectivity index (χ1) is 11.3. The van der Waals surface area contributed by atoms with Gasteiger partial charge < -0.3 is 15.4 Å². The Morgan fingerprint density at radius 2 is 2.04 bits per heavy atom. The van der Waals surface area contributed by atoms with Crippen molar-refractivity contribution >= 4 is 51.3 Å². The van der Waals surface area contributed by atoms with E-state index >= 15 is 0 Å². The molecule has 0 radical (unpaired) electrons. The number of guanidine groups is 1. The first kappa shape index (κ1) is 24.6. The van der Waals surface area contributed by atoms with Crippen molar-refractivity contribution in [3.8, 4) is 0 Å². The molecule has 0 fully saturated rings. The van der Waals surface area contributed by atoms with Crippen LogP contribution in [0.1, 0.15) is 32.1 Å². The summed E-state index contributed by atoms with van der Waals surface area (Å²) in [5.41, 5.74) is 0. The fourth-order valence-electron chi connectivity index (χ4n) is 2.15. The first-order valence-corrected chi connectivity index (χ1v) is 10.3. The minimum Gasteiger partial charge on any atom is -0.378 e. The predicted molar refractivity (Wildman–Crippen MR) is 114 cm³/mol. The molecule has 7 nitrogen and oxygen atoms in total. The van der Waals surface area contributed by atoms with Crippen molar-refractivity contribution in [3.05, 3.63) is 17.0 Å². The Morgan fingerprint density at radius 3 is 2.52 bits per heavy atom. The van der Waals surface area contributed by atoms with E-state index in [0.717, 1.165) is 29.2 Å². The fourth-order valence-corrected chi connectivity index (χ4v) is 3.87. The second-order valence-electron chi connectivity index (χ2n) is 5.64. The Kier molecular flexibility index (Phi) is 11.8. The van der Waals surface area contributed by atoms with Gasteiger partial charge in [0.2, 0.25) is 10.0 Å². The quantitative estimate of drug-likeness (QED) is 0.272. The van der Waals surface area contributed by atoms with Crippen LogP contribution in [-0.2, 0) is 21.3 Å². The van der Waals surface area contributed by atoms with Crippen LogP contribution in [0.5, 0.6) is 0 Å². The summed E-state index contributed by atoms with van der Waals surface area (Å²) in [6.07, 6.45) is 1.11. The fraction of sp³-hybridized carbons (Fsp3) is 0.667. The predicted octanol–water partition coefficient (Wildman–Crippen LogP) is 2.13. The maximum Gasteiger partial charge on any atom is 0.247 e. The number of halogens is 1. The summed E-state index contributed by atoms with van der Waals surface area (Å²) in [7, 11) is -1.94. The Hall–Kier alpha value is -0.430. The molecule has 0 saturated heterocycles. The van der Waals surface area contributed by atoms with E-state index in [1.165, 1.54) is 6.07 Å². The lowest BCUT2D eigenvalue weighted by atomic mass is 10.0. The Bertz CT molecular complexity index is 632. The molecule has 0 aliphatic heterocycles. The number of hydrogen-bond acceptors (Lipinski definition) is 5. The summed E-state index contributed by atoms with van der Waals surface area (Å²) < 4.78 is 28.4. The molecule has 1 aromatic heterocycles. The number of nitrogens with two attached hydrogens (primary N) is 1. The molecule has 0 aliphatic carbocycles. The summed E-state index contributed by atoms with van der Waals surface area (Å²) in [5, 5.41) is 11.5. The van der Waals surface area contributed by atoms with Gasteiger partial charge in [0.15, 0.2) is 5.96 Å². The molecule has 1 atom stereocenters. The Labute approximate surface area is 171 Å². The SMILES string of the molecule is CCOC(CCNC(=NC)NCc1ccc(S(N)(=O)=O)s1)C(C)C.I. The normalized spacial score (nSPS) is 13.4. The van der Waals surface area contributed by atoms with Gasteiger partial charge in [-0.05, 0) is 31.4 Å². The lowest BCUT2D eigenvalue weighted by Gasteiger charge is -2.21. The molecule has 1 aromatic rings. The number of sulfonamides is 1. The van der Waals surface area contributed by atoms with Crippen LogP contribution >= 0.6 is 35.3 Å². The molecule has 10 heteroatoms. The zero-order valence-electron chi connectivity index (χ0n) is 15.1. The number of primary sulfonamides is 1. The molecule has 0 amide bonds. The molecule has 25 heavy (non-hydrogen) atoms. The largest absolute Gasteiger partial charge is 0.378 e. The second-order valence-corrected chi connectivity index (χ2v) is 8.60. The molecule has 146 valence electrons. The Morgan fingerprint density at radius 1 is 1.36 bits per heavy atom. The number of thiophene rings is 1. The van der Waals surface area contributed by atoms with E-state index in [2.05, 4.69) is 29.5 Å². The number of aliphatic imine (C=N–C) groups is 1. The summed E-state index contributed by atoms with van der Waals surface area (Å²) in [6, 6.07) is 3.26. The highest BCUT2D eigenvalue weighted by Crippen LogP contribution is 2.19. The Balaban J connectivity index is 0.00000576. The smallest absolute Gasteiger partial charge is 0.247 e. The van der Waals surface area contributed by atoms with Crippen molar-refractivity contribution in [3.63, 3.8) is 0 Å². The van der Waals surface area contributed by atoms with Gasteiger partial charge in [-0.15, -0.1) is 35.3 Å². The zero-order chi connectivity index (χ0) is 18.2.